The molecule has 0 bridgehead atoms. The molecule has 3 heterocycles. The molecule has 2 aromatic rings. The third kappa shape index (κ3) is 4.04. The van der Waals surface area contributed by atoms with Crippen LogP contribution in [0.4, 0.5) is 14.5 Å². The molecule has 1 N–H and O–H groups in total. The zero-order valence-corrected chi connectivity index (χ0v) is 16.7. The van der Waals surface area contributed by atoms with Crippen molar-refractivity contribution in [1.82, 2.24) is 4.90 Å². The lowest BCUT2D eigenvalue weighted by Crippen LogP contribution is -2.35. The van der Waals surface area contributed by atoms with E-state index in [0.717, 1.165) is 30.6 Å². The Labute approximate surface area is 177 Å². The fourth-order valence-electron chi connectivity index (χ4n) is 4.14. The van der Waals surface area contributed by atoms with Crippen molar-refractivity contribution in [2.75, 3.05) is 31.6 Å². The number of carbonyl (C=O) groups is 1. The highest BCUT2D eigenvalue weighted by atomic mass is 19.3. The fraction of sp³-hybridized carbons (Fsp3) is 0.409. The van der Waals surface area contributed by atoms with Crippen molar-refractivity contribution in [3.63, 3.8) is 0 Å². The van der Waals surface area contributed by atoms with Gasteiger partial charge in [-0.2, -0.15) is 0 Å². The number of likely N-dealkylation sites (tertiary alicyclic amines) is 1. The van der Waals surface area contributed by atoms with Gasteiger partial charge in [0.25, 0.3) is 0 Å². The van der Waals surface area contributed by atoms with E-state index in [4.69, 9.17) is 9.47 Å². The smallest absolute Gasteiger partial charge is 0.490 e. The zero-order chi connectivity index (χ0) is 21.4. The summed E-state index contributed by atoms with van der Waals surface area (Å²) in [7, 11) is 0. The minimum Gasteiger partial charge on any atom is -0.490 e. The average Bonchev–Trinajstić information content (AvgIpc) is 3.27. The van der Waals surface area contributed by atoms with Crippen LogP contribution < -0.4 is 24.3 Å². The largest absolute Gasteiger partial charge is 0.586 e. The Morgan fingerprint density at radius 3 is 2.65 bits per heavy atom. The highest BCUT2D eigenvalue weighted by Gasteiger charge is 2.43. The zero-order valence-electron chi connectivity index (χ0n) is 16.7. The first-order valence-electron chi connectivity index (χ1n) is 10.3. The second kappa shape index (κ2) is 7.79. The van der Waals surface area contributed by atoms with Gasteiger partial charge >= 0.3 is 6.29 Å². The molecule has 2 aromatic carbocycles. The molecule has 7 nitrogen and oxygen atoms in total. The standard InChI is InChI=1S/C22H22F2N2O5/c23-22(24)30-18-7-5-15(12-20(18)31-22)25-13-21(27)26-8-1-3-16(26)14-4-6-17-19(11-14)29-10-2-9-28-17/h4-7,11-12,16,25H,1-3,8-10,13H2. The minimum absolute atomic E-state index is 0.0316. The molecule has 3 aliphatic heterocycles. The van der Waals surface area contributed by atoms with Crippen LogP contribution in [0, 0.1) is 0 Å². The van der Waals surface area contributed by atoms with Crippen LogP contribution in [-0.4, -0.2) is 43.4 Å². The topological polar surface area (TPSA) is 69.3 Å². The molecule has 9 heteroatoms. The lowest BCUT2D eigenvalue weighted by Gasteiger charge is -2.26. The Kier molecular flexibility index (Phi) is 4.95. The predicted octanol–water partition coefficient (Wildman–Crippen LogP) is 3.95. The molecule has 0 aromatic heterocycles. The van der Waals surface area contributed by atoms with Crippen LogP contribution in [0.5, 0.6) is 23.0 Å². The van der Waals surface area contributed by atoms with Crippen molar-refractivity contribution in [1.29, 1.82) is 0 Å². The monoisotopic (exact) mass is 432 g/mol. The van der Waals surface area contributed by atoms with E-state index in [1.165, 1.54) is 12.1 Å². The lowest BCUT2D eigenvalue weighted by atomic mass is 10.0. The molecule has 1 atom stereocenters. The minimum atomic E-state index is -3.66. The van der Waals surface area contributed by atoms with Gasteiger partial charge in [-0.15, -0.1) is 8.78 Å². The Hall–Kier alpha value is -3.23. The first-order valence-corrected chi connectivity index (χ1v) is 10.3. The molecule has 5 rings (SSSR count). The molecule has 3 aliphatic rings. The first-order chi connectivity index (χ1) is 15.0. The molecule has 31 heavy (non-hydrogen) atoms. The maximum Gasteiger partial charge on any atom is 0.586 e. The van der Waals surface area contributed by atoms with Crippen molar-refractivity contribution in [2.24, 2.45) is 0 Å². The molecule has 0 saturated carbocycles. The second-order valence-corrected chi connectivity index (χ2v) is 7.68. The number of nitrogens with one attached hydrogen (secondary N) is 1. The lowest BCUT2D eigenvalue weighted by molar-refractivity contribution is -0.286. The molecule has 0 spiro atoms. The second-order valence-electron chi connectivity index (χ2n) is 7.68. The Bertz CT molecular complexity index is 1000. The Morgan fingerprint density at radius 1 is 1.00 bits per heavy atom. The number of carbonyl (C=O) groups excluding carboxylic acids is 1. The van der Waals surface area contributed by atoms with E-state index in [0.29, 0.717) is 31.2 Å². The number of fused-ring (bicyclic) bond motifs is 2. The van der Waals surface area contributed by atoms with Crippen molar-refractivity contribution in [3.05, 3.63) is 42.0 Å². The molecular weight excluding hydrogens is 410 g/mol. The van der Waals surface area contributed by atoms with E-state index in [2.05, 4.69) is 14.8 Å². The third-order valence-electron chi connectivity index (χ3n) is 5.57. The number of ether oxygens (including phenoxy) is 4. The highest BCUT2D eigenvalue weighted by molar-refractivity contribution is 5.82. The van der Waals surface area contributed by atoms with Crippen molar-refractivity contribution in [2.45, 2.75) is 31.6 Å². The third-order valence-corrected chi connectivity index (χ3v) is 5.57. The summed E-state index contributed by atoms with van der Waals surface area (Å²) in [4.78, 5) is 14.8. The normalized spacial score (nSPS) is 21.0. The van der Waals surface area contributed by atoms with E-state index < -0.39 is 6.29 Å². The number of rotatable bonds is 4. The number of halogens is 2. The number of benzene rings is 2. The van der Waals surface area contributed by atoms with Crippen molar-refractivity contribution < 1.29 is 32.5 Å². The van der Waals surface area contributed by atoms with Gasteiger partial charge in [0.2, 0.25) is 5.91 Å². The summed E-state index contributed by atoms with van der Waals surface area (Å²) in [6.45, 7) is 1.93. The van der Waals surface area contributed by atoms with Crippen LogP contribution in [0.2, 0.25) is 0 Å². The maximum atomic E-state index is 13.2. The molecule has 1 unspecified atom stereocenters. The Morgan fingerprint density at radius 2 is 1.77 bits per heavy atom. The number of anilines is 1. The van der Waals surface area contributed by atoms with Gasteiger partial charge in [0.05, 0.1) is 25.8 Å². The average molecular weight is 432 g/mol. The molecule has 164 valence electrons. The summed E-state index contributed by atoms with van der Waals surface area (Å²) in [5.74, 6) is 1.28. The van der Waals surface area contributed by atoms with E-state index in [-0.39, 0.29) is 30.0 Å². The molecule has 0 aliphatic carbocycles. The van der Waals surface area contributed by atoms with Crippen LogP contribution in [0.15, 0.2) is 36.4 Å². The molecule has 1 amide bonds. The van der Waals surface area contributed by atoms with Gasteiger partial charge in [-0.1, -0.05) is 6.07 Å². The van der Waals surface area contributed by atoms with Gasteiger partial charge in [0.15, 0.2) is 23.0 Å². The summed E-state index contributed by atoms with van der Waals surface area (Å²) < 4.78 is 46.7. The summed E-state index contributed by atoms with van der Waals surface area (Å²) >= 11 is 0. The Balaban J connectivity index is 1.25. The molecule has 0 radical (unpaired) electrons. The number of alkyl halides is 2. The number of nitrogens with zero attached hydrogens (tertiary/aromatic N) is 1. The highest BCUT2D eigenvalue weighted by Crippen LogP contribution is 2.42. The van der Waals surface area contributed by atoms with Gasteiger partial charge < -0.3 is 29.2 Å². The first kappa shape index (κ1) is 19.7. The maximum absolute atomic E-state index is 13.2. The van der Waals surface area contributed by atoms with Crippen LogP contribution in [-0.2, 0) is 4.79 Å². The number of hydrogen-bond donors (Lipinski definition) is 1. The van der Waals surface area contributed by atoms with Crippen molar-refractivity contribution in [3.8, 4) is 23.0 Å². The van der Waals surface area contributed by atoms with Gasteiger partial charge in [-0.3, -0.25) is 4.79 Å². The van der Waals surface area contributed by atoms with E-state index in [1.807, 2.05) is 23.1 Å². The molecule has 1 saturated heterocycles. The SMILES string of the molecule is O=C(CNc1ccc2c(c1)OC(F)(F)O2)N1CCCC1c1ccc2c(c1)OCCCO2. The summed E-state index contributed by atoms with van der Waals surface area (Å²) in [5, 5.41) is 2.99. The van der Waals surface area contributed by atoms with Crippen LogP contribution >= 0.6 is 0 Å². The predicted molar refractivity (Wildman–Crippen MR) is 107 cm³/mol. The number of hydrogen-bond acceptors (Lipinski definition) is 6. The quantitative estimate of drug-likeness (QED) is 0.789. The van der Waals surface area contributed by atoms with Gasteiger partial charge in [-0.25, -0.2) is 0 Å². The van der Waals surface area contributed by atoms with Crippen LogP contribution in [0.25, 0.3) is 0 Å². The summed E-state index contributed by atoms with van der Waals surface area (Å²) in [5.41, 5.74) is 1.51. The van der Waals surface area contributed by atoms with E-state index in [9.17, 15) is 13.6 Å². The van der Waals surface area contributed by atoms with E-state index in [1.54, 1.807) is 6.07 Å². The van der Waals surface area contributed by atoms with Gasteiger partial charge in [0, 0.05) is 24.7 Å². The summed E-state index contributed by atoms with van der Waals surface area (Å²) in [6, 6.07) is 10.2. The van der Waals surface area contributed by atoms with Gasteiger partial charge in [-0.05, 0) is 42.7 Å². The van der Waals surface area contributed by atoms with Crippen LogP contribution in [0.1, 0.15) is 30.9 Å². The van der Waals surface area contributed by atoms with E-state index >= 15 is 0 Å². The van der Waals surface area contributed by atoms with Crippen LogP contribution in [0.3, 0.4) is 0 Å². The summed E-state index contributed by atoms with van der Waals surface area (Å²) in [6.07, 6.45) is -1.06. The molecular formula is C22H22F2N2O5. The molecule has 1 fully saturated rings. The fourth-order valence-corrected chi connectivity index (χ4v) is 4.14. The van der Waals surface area contributed by atoms with Gasteiger partial charge in [0.1, 0.15) is 0 Å². The number of amides is 1. The van der Waals surface area contributed by atoms with Crippen molar-refractivity contribution >= 4 is 11.6 Å².